The van der Waals surface area contributed by atoms with Crippen molar-refractivity contribution in [2.24, 2.45) is 5.92 Å². The van der Waals surface area contributed by atoms with Crippen LogP contribution in [0.15, 0.2) is 60.7 Å². The van der Waals surface area contributed by atoms with E-state index in [0.29, 0.717) is 11.5 Å². The predicted octanol–water partition coefficient (Wildman–Crippen LogP) is 5.22. The minimum absolute atomic E-state index is 0.298. The molecule has 2 aliphatic carbocycles. The van der Waals surface area contributed by atoms with Crippen LogP contribution in [0, 0.1) is 5.92 Å². The smallest absolute Gasteiger partial charge is 0.334 e. The molecule has 2 nitrogen and oxygen atoms in total. The second-order valence-corrected chi connectivity index (χ2v) is 6.98. The first-order valence-electron chi connectivity index (χ1n) is 8.73. The molecule has 0 heterocycles. The Hall–Kier alpha value is -2.35. The van der Waals surface area contributed by atoms with Crippen molar-refractivity contribution in [2.45, 2.75) is 38.2 Å². The first-order chi connectivity index (χ1) is 11.6. The summed E-state index contributed by atoms with van der Waals surface area (Å²) < 4.78 is 6.26. The summed E-state index contributed by atoms with van der Waals surface area (Å²) in [5.74, 6) is 0.0269. The molecular formula is C22H22O2. The molecule has 0 aromatic heterocycles. The number of carbonyl (C=O) groups is 1. The van der Waals surface area contributed by atoms with E-state index >= 15 is 0 Å². The number of hydrogen-bond acceptors (Lipinski definition) is 2. The Morgan fingerprint density at radius 2 is 1.50 bits per heavy atom. The van der Waals surface area contributed by atoms with E-state index in [9.17, 15) is 4.79 Å². The van der Waals surface area contributed by atoms with Gasteiger partial charge in [0, 0.05) is 22.6 Å². The maximum Gasteiger partial charge on any atom is 0.334 e. The number of carbonyl (C=O) groups excluding carboxylic acids is 1. The van der Waals surface area contributed by atoms with Crippen LogP contribution in [0.1, 0.15) is 43.7 Å². The Morgan fingerprint density at radius 3 is 2.00 bits per heavy atom. The molecule has 2 aliphatic rings. The van der Waals surface area contributed by atoms with Gasteiger partial charge in [0.25, 0.3) is 0 Å². The highest BCUT2D eigenvalue weighted by Gasteiger charge is 2.52. The molecule has 2 heteroatoms. The number of esters is 1. The molecule has 1 fully saturated rings. The van der Waals surface area contributed by atoms with Crippen LogP contribution in [0.4, 0.5) is 0 Å². The van der Waals surface area contributed by atoms with E-state index < -0.39 is 5.60 Å². The van der Waals surface area contributed by atoms with Crippen LogP contribution < -0.4 is 0 Å². The average molecular weight is 318 g/mol. The Bertz CT molecular complexity index is 767. The van der Waals surface area contributed by atoms with E-state index in [0.717, 1.165) is 24.0 Å². The Balaban J connectivity index is 1.98. The third-order valence-electron chi connectivity index (χ3n) is 5.48. The van der Waals surface area contributed by atoms with Gasteiger partial charge in [-0.2, -0.15) is 0 Å². The lowest BCUT2D eigenvalue weighted by atomic mass is 9.78. The standard InChI is InChI=1S/C22H22O2/c1-15(2)21(23)24-22(16-9-3-4-10-16)19-13-7-5-11-17(19)18-12-6-8-14-20(18)22/h5-8,11-14,16H,1,3-4,9-10H2,2H3. The molecule has 0 amide bonds. The van der Waals surface area contributed by atoms with Crippen LogP contribution in [-0.4, -0.2) is 5.97 Å². The summed E-state index contributed by atoms with van der Waals surface area (Å²) in [5, 5.41) is 0. The van der Waals surface area contributed by atoms with Gasteiger partial charge in [0.05, 0.1) is 0 Å². The fourth-order valence-corrected chi connectivity index (χ4v) is 4.43. The minimum atomic E-state index is -0.667. The average Bonchev–Trinajstić information content (AvgIpc) is 3.22. The van der Waals surface area contributed by atoms with Gasteiger partial charge in [0.15, 0.2) is 5.60 Å². The van der Waals surface area contributed by atoms with Crippen molar-refractivity contribution in [3.63, 3.8) is 0 Å². The molecule has 4 rings (SSSR count). The number of ether oxygens (including phenoxy) is 1. The second-order valence-electron chi connectivity index (χ2n) is 6.98. The first-order valence-corrected chi connectivity index (χ1v) is 8.73. The molecule has 0 bridgehead atoms. The SMILES string of the molecule is C=C(C)C(=O)OC1(C2CCCC2)c2ccccc2-c2ccccc21. The van der Waals surface area contributed by atoms with Crippen molar-refractivity contribution in [3.8, 4) is 11.1 Å². The number of rotatable bonds is 3. The highest BCUT2D eigenvalue weighted by Crippen LogP contribution is 2.57. The van der Waals surface area contributed by atoms with Crippen LogP contribution in [0.2, 0.25) is 0 Å². The second kappa shape index (κ2) is 5.62. The summed E-state index contributed by atoms with van der Waals surface area (Å²) in [5.41, 5.74) is 4.43. The van der Waals surface area contributed by atoms with E-state index in [1.807, 2.05) is 12.1 Å². The zero-order valence-electron chi connectivity index (χ0n) is 14.0. The van der Waals surface area contributed by atoms with Crippen LogP contribution >= 0.6 is 0 Å². The molecule has 0 atom stereocenters. The van der Waals surface area contributed by atoms with Crippen molar-refractivity contribution >= 4 is 5.97 Å². The molecule has 2 aromatic carbocycles. The summed E-state index contributed by atoms with van der Waals surface area (Å²) in [7, 11) is 0. The molecule has 122 valence electrons. The maximum atomic E-state index is 12.6. The van der Waals surface area contributed by atoms with Crippen LogP contribution in [0.5, 0.6) is 0 Å². The number of benzene rings is 2. The Kier molecular flexibility index (Phi) is 3.56. The van der Waals surface area contributed by atoms with Crippen molar-refractivity contribution in [3.05, 3.63) is 71.8 Å². The molecule has 24 heavy (non-hydrogen) atoms. The van der Waals surface area contributed by atoms with Gasteiger partial charge in [0.1, 0.15) is 0 Å². The lowest BCUT2D eigenvalue weighted by molar-refractivity contribution is -0.156. The molecule has 2 aromatic rings. The van der Waals surface area contributed by atoms with Crippen LogP contribution in [0.3, 0.4) is 0 Å². The summed E-state index contributed by atoms with van der Waals surface area (Å²) in [6, 6.07) is 16.7. The summed E-state index contributed by atoms with van der Waals surface area (Å²) in [6.45, 7) is 5.51. The quantitative estimate of drug-likeness (QED) is 0.573. The fourth-order valence-electron chi connectivity index (χ4n) is 4.43. The van der Waals surface area contributed by atoms with Crippen molar-refractivity contribution in [1.29, 1.82) is 0 Å². The highest BCUT2D eigenvalue weighted by atomic mass is 16.6. The van der Waals surface area contributed by atoms with E-state index in [1.165, 1.54) is 24.0 Å². The number of hydrogen-bond donors (Lipinski definition) is 0. The van der Waals surface area contributed by atoms with Crippen molar-refractivity contribution < 1.29 is 9.53 Å². The third kappa shape index (κ3) is 2.06. The van der Waals surface area contributed by atoms with Gasteiger partial charge in [-0.3, -0.25) is 0 Å². The topological polar surface area (TPSA) is 26.3 Å². The Labute approximate surface area is 143 Å². The largest absolute Gasteiger partial charge is 0.446 e. The van der Waals surface area contributed by atoms with Gasteiger partial charge in [-0.05, 0) is 30.9 Å². The summed E-state index contributed by atoms with van der Waals surface area (Å²) in [4.78, 5) is 12.6. The molecule has 0 aliphatic heterocycles. The molecule has 0 N–H and O–H groups in total. The van der Waals surface area contributed by atoms with Gasteiger partial charge in [-0.15, -0.1) is 0 Å². The minimum Gasteiger partial charge on any atom is -0.446 e. The lowest BCUT2D eigenvalue weighted by Gasteiger charge is -2.37. The third-order valence-corrected chi connectivity index (χ3v) is 5.48. The molecule has 0 radical (unpaired) electrons. The Morgan fingerprint density at radius 1 is 1.00 bits per heavy atom. The van der Waals surface area contributed by atoms with E-state index in [1.54, 1.807) is 6.92 Å². The summed E-state index contributed by atoms with van der Waals surface area (Å²) >= 11 is 0. The first kappa shape index (κ1) is 15.2. The zero-order valence-corrected chi connectivity index (χ0v) is 14.0. The summed E-state index contributed by atoms with van der Waals surface area (Å²) in [6.07, 6.45) is 4.57. The maximum absolute atomic E-state index is 12.6. The van der Waals surface area contributed by atoms with Crippen LogP contribution in [-0.2, 0) is 15.1 Å². The highest BCUT2D eigenvalue weighted by molar-refractivity contribution is 5.89. The normalized spacial score (nSPS) is 18.0. The fraction of sp³-hybridized carbons (Fsp3) is 0.318. The van der Waals surface area contributed by atoms with Gasteiger partial charge in [0.2, 0.25) is 0 Å². The molecule has 1 saturated carbocycles. The molecule has 0 unspecified atom stereocenters. The molecular weight excluding hydrogens is 296 g/mol. The van der Waals surface area contributed by atoms with Gasteiger partial charge in [-0.25, -0.2) is 4.79 Å². The predicted molar refractivity (Wildman–Crippen MR) is 95.5 cm³/mol. The van der Waals surface area contributed by atoms with Gasteiger partial charge < -0.3 is 4.74 Å². The van der Waals surface area contributed by atoms with E-state index in [4.69, 9.17) is 4.74 Å². The zero-order chi connectivity index (χ0) is 16.7. The monoisotopic (exact) mass is 318 g/mol. The molecule has 0 saturated heterocycles. The van der Waals surface area contributed by atoms with E-state index in [2.05, 4.69) is 43.0 Å². The van der Waals surface area contributed by atoms with Crippen molar-refractivity contribution in [2.75, 3.05) is 0 Å². The van der Waals surface area contributed by atoms with E-state index in [-0.39, 0.29) is 5.97 Å². The molecule has 0 spiro atoms. The number of fused-ring (bicyclic) bond motifs is 3. The van der Waals surface area contributed by atoms with Crippen LogP contribution in [0.25, 0.3) is 11.1 Å². The van der Waals surface area contributed by atoms with Gasteiger partial charge in [-0.1, -0.05) is 68.0 Å². The van der Waals surface area contributed by atoms with Gasteiger partial charge >= 0.3 is 5.97 Å². The van der Waals surface area contributed by atoms with Crippen molar-refractivity contribution in [1.82, 2.24) is 0 Å². The lowest BCUT2D eigenvalue weighted by Crippen LogP contribution is -2.38.